The average molecular weight is 418 g/mol. The Balaban J connectivity index is 2.31. The number of rotatable bonds is 6. The molecule has 0 fully saturated rings. The lowest BCUT2D eigenvalue weighted by Gasteiger charge is -2.12. The van der Waals surface area contributed by atoms with Gasteiger partial charge in [-0.1, -0.05) is 23.7 Å². The first-order valence-electron chi connectivity index (χ1n) is 6.66. The summed E-state index contributed by atoms with van der Waals surface area (Å²) in [5, 5.41) is 4.01. The van der Waals surface area contributed by atoms with Gasteiger partial charge in [-0.25, -0.2) is 9.97 Å². The molecule has 6 heteroatoms. The van der Waals surface area contributed by atoms with Crippen LogP contribution in [0.3, 0.4) is 0 Å². The van der Waals surface area contributed by atoms with Crippen molar-refractivity contribution in [2.45, 2.75) is 20.0 Å². The zero-order valence-electron chi connectivity index (χ0n) is 12.0. The molecule has 0 radical (unpaired) electrons. The molecular weight excluding hydrogens is 401 g/mol. The van der Waals surface area contributed by atoms with Crippen LogP contribution in [0, 0.1) is 3.57 Å². The minimum Gasteiger partial charge on any atom is -0.378 e. The van der Waals surface area contributed by atoms with Crippen molar-refractivity contribution in [3.8, 4) is 0 Å². The van der Waals surface area contributed by atoms with Gasteiger partial charge in [-0.15, -0.1) is 0 Å². The summed E-state index contributed by atoms with van der Waals surface area (Å²) in [5.41, 5.74) is 2.04. The first-order valence-corrected chi connectivity index (χ1v) is 8.12. The molecule has 1 heterocycles. The van der Waals surface area contributed by atoms with Gasteiger partial charge in [0.15, 0.2) is 0 Å². The van der Waals surface area contributed by atoms with E-state index in [-0.39, 0.29) is 0 Å². The highest BCUT2D eigenvalue weighted by atomic mass is 127. The van der Waals surface area contributed by atoms with Crippen molar-refractivity contribution in [3.05, 3.63) is 49.9 Å². The van der Waals surface area contributed by atoms with Gasteiger partial charge >= 0.3 is 0 Å². The Morgan fingerprint density at radius 1 is 1.24 bits per heavy atom. The summed E-state index contributed by atoms with van der Waals surface area (Å²) in [6.45, 7) is 3.35. The van der Waals surface area contributed by atoms with E-state index in [4.69, 9.17) is 16.3 Å². The Kier molecular flexibility index (Phi) is 6.20. The van der Waals surface area contributed by atoms with Crippen molar-refractivity contribution in [2.24, 2.45) is 0 Å². The number of methoxy groups -OCH3 is 1. The van der Waals surface area contributed by atoms with Gasteiger partial charge in [-0.05, 0) is 47.2 Å². The lowest BCUT2D eigenvalue weighted by atomic mass is 10.1. The van der Waals surface area contributed by atoms with Crippen LogP contribution in [-0.4, -0.2) is 23.6 Å². The van der Waals surface area contributed by atoms with Gasteiger partial charge < -0.3 is 10.1 Å². The Labute approximate surface area is 143 Å². The molecule has 0 aliphatic carbocycles. The molecule has 21 heavy (non-hydrogen) atoms. The van der Waals surface area contributed by atoms with E-state index >= 15 is 0 Å². The lowest BCUT2D eigenvalue weighted by molar-refractivity contribution is 0.180. The third-order valence-corrected chi connectivity index (χ3v) is 4.25. The molecule has 1 N–H and O–H groups in total. The molecular formula is C15H17ClIN3O. The molecule has 1 aromatic heterocycles. The maximum atomic E-state index is 5.91. The molecule has 2 aromatic rings. The van der Waals surface area contributed by atoms with Crippen molar-refractivity contribution in [1.29, 1.82) is 0 Å². The molecule has 0 saturated heterocycles. The number of halogens is 2. The van der Waals surface area contributed by atoms with Crippen LogP contribution >= 0.6 is 34.2 Å². The molecule has 0 unspecified atom stereocenters. The molecule has 112 valence electrons. The number of aromatic nitrogens is 2. The molecule has 4 nitrogen and oxygen atoms in total. The number of ether oxygens (including phenoxy) is 1. The van der Waals surface area contributed by atoms with Gasteiger partial charge in [0.25, 0.3) is 0 Å². The Hall–Kier alpha value is -0.920. The van der Waals surface area contributed by atoms with Crippen LogP contribution in [0.1, 0.15) is 24.0 Å². The number of nitrogens with zero attached hydrogens (tertiary/aromatic N) is 2. The minimum atomic E-state index is 0.479. The van der Waals surface area contributed by atoms with Gasteiger partial charge in [0.05, 0.1) is 15.9 Å². The van der Waals surface area contributed by atoms with Crippen molar-refractivity contribution >= 4 is 40.0 Å². The van der Waals surface area contributed by atoms with E-state index in [9.17, 15) is 0 Å². The third-order valence-electron chi connectivity index (χ3n) is 2.87. The monoisotopic (exact) mass is 417 g/mol. The maximum absolute atomic E-state index is 5.91. The Bertz CT molecular complexity index is 577. The summed E-state index contributed by atoms with van der Waals surface area (Å²) >= 11 is 8.16. The van der Waals surface area contributed by atoms with Crippen molar-refractivity contribution in [3.63, 3.8) is 0 Å². The van der Waals surface area contributed by atoms with Gasteiger partial charge in [0.2, 0.25) is 0 Å². The van der Waals surface area contributed by atoms with Crippen LogP contribution in [0.2, 0.25) is 5.02 Å². The van der Waals surface area contributed by atoms with Crippen molar-refractivity contribution in [1.82, 2.24) is 9.97 Å². The summed E-state index contributed by atoms with van der Waals surface area (Å²) in [6.07, 6.45) is 0.670. The minimum absolute atomic E-state index is 0.479. The van der Waals surface area contributed by atoms with E-state index in [1.54, 1.807) is 7.11 Å². The van der Waals surface area contributed by atoms with E-state index in [0.29, 0.717) is 13.0 Å². The fraction of sp³-hybridized carbons (Fsp3) is 0.333. The zero-order chi connectivity index (χ0) is 15.2. The fourth-order valence-corrected chi connectivity index (χ4v) is 2.64. The Morgan fingerprint density at radius 3 is 2.57 bits per heavy atom. The van der Waals surface area contributed by atoms with E-state index in [1.807, 2.05) is 31.2 Å². The second-order valence-electron chi connectivity index (χ2n) is 4.52. The highest BCUT2D eigenvalue weighted by Gasteiger charge is 2.12. The second kappa shape index (κ2) is 7.91. The quantitative estimate of drug-likeness (QED) is 0.724. The number of anilines is 1. The molecule has 0 aliphatic heterocycles. The SMILES string of the molecule is CCNc1nc(Cc2ccc(Cl)cc2)nc(COC)c1I. The van der Waals surface area contributed by atoms with Crippen molar-refractivity contribution < 1.29 is 4.74 Å². The van der Waals surface area contributed by atoms with Crippen LogP contribution in [0.4, 0.5) is 5.82 Å². The normalized spacial score (nSPS) is 10.7. The van der Waals surface area contributed by atoms with Crippen LogP contribution in [-0.2, 0) is 17.8 Å². The van der Waals surface area contributed by atoms with Crippen LogP contribution in [0.15, 0.2) is 24.3 Å². The van der Waals surface area contributed by atoms with Gasteiger partial charge in [0, 0.05) is 25.1 Å². The molecule has 0 amide bonds. The summed E-state index contributed by atoms with van der Waals surface area (Å²) in [6, 6.07) is 7.74. The molecule has 0 bridgehead atoms. The van der Waals surface area contributed by atoms with Crippen LogP contribution in [0.5, 0.6) is 0 Å². The highest BCUT2D eigenvalue weighted by Crippen LogP contribution is 2.21. The molecule has 0 saturated carbocycles. The number of benzene rings is 1. The molecule has 0 aliphatic rings. The first-order chi connectivity index (χ1) is 10.1. The summed E-state index contributed by atoms with van der Waals surface area (Å²) in [5.74, 6) is 1.64. The zero-order valence-corrected chi connectivity index (χ0v) is 14.9. The Morgan fingerprint density at radius 2 is 1.95 bits per heavy atom. The third kappa shape index (κ3) is 4.52. The fourth-order valence-electron chi connectivity index (χ4n) is 1.93. The highest BCUT2D eigenvalue weighted by molar-refractivity contribution is 14.1. The molecule has 0 spiro atoms. The van der Waals surface area contributed by atoms with Crippen molar-refractivity contribution in [2.75, 3.05) is 19.0 Å². The molecule has 1 aromatic carbocycles. The van der Waals surface area contributed by atoms with Gasteiger partial charge in [-0.3, -0.25) is 0 Å². The van der Waals surface area contributed by atoms with Crippen LogP contribution < -0.4 is 5.32 Å². The topological polar surface area (TPSA) is 47.0 Å². The number of nitrogens with one attached hydrogen (secondary N) is 1. The summed E-state index contributed by atoms with van der Waals surface area (Å²) in [4.78, 5) is 9.21. The van der Waals surface area contributed by atoms with Gasteiger partial charge in [-0.2, -0.15) is 0 Å². The lowest BCUT2D eigenvalue weighted by Crippen LogP contribution is -2.10. The predicted octanol–water partition coefficient (Wildman–Crippen LogP) is 3.90. The first kappa shape index (κ1) is 16.5. The predicted molar refractivity (Wildman–Crippen MR) is 93.9 cm³/mol. The average Bonchev–Trinajstić information content (AvgIpc) is 2.47. The van der Waals surface area contributed by atoms with E-state index in [1.165, 1.54) is 0 Å². The molecule has 2 rings (SSSR count). The maximum Gasteiger partial charge on any atom is 0.143 e. The van der Waals surface area contributed by atoms with Gasteiger partial charge in [0.1, 0.15) is 11.6 Å². The summed E-state index contributed by atoms with van der Waals surface area (Å²) in [7, 11) is 1.67. The van der Waals surface area contributed by atoms with Crippen LogP contribution in [0.25, 0.3) is 0 Å². The van der Waals surface area contributed by atoms with E-state index in [2.05, 4.69) is 37.9 Å². The van der Waals surface area contributed by atoms with E-state index in [0.717, 1.165) is 38.0 Å². The largest absolute Gasteiger partial charge is 0.378 e. The standard InChI is InChI=1S/C15H17ClIN3O/c1-3-18-15-14(17)12(9-21-2)19-13(20-15)8-10-4-6-11(16)7-5-10/h4-7H,3,8-9H2,1-2H3,(H,18,19,20). The molecule has 0 atom stereocenters. The van der Waals surface area contributed by atoms with E-state index < -0.39 is 0 Å². The smallest absolute Gasteiger partial charge is 0.143 e. The number of hydrogen-bond donors (Lipinski definition) is 1. The second-order valence-corrected chi connectivity index (χ2v) is 6.03. The number of hydrogen-bond acceptors (Lipinski definition) is 4. The summed E-state index contributed by atoms with van der Waals surface area (Å²) < 4.78 is 6.23.